The molecule has 1 unspecified atom stereocenters. The van der Waals surface area contributed by atoms with Crippen LogP contribution >= 0.6 is 0 Å². The molecule has 0 saturated carbocycles. The SMILES string of the molecule is CC(C)(C)C(C)(Oc1cccc(CO[Si](C)(C)C(C)(C)C)c1)c1ccccc1. The van der Waals surface area contributed by atoms with Gasteiger partial charge in [0, 0.05) is 5.41 Å². The Bertz CT molecular complexity index is 769. The predicted molar refractivity (Wildman–Crippen MR) is 122 cm³/mol. The summed E-state index contributed by atoms with van der Waals surface area (Å²) < 4.78 is 13.0. The summed E-state index contributed by atoms with van der Waals surface area (Å²) >= 11 is 0. The summed E-state index contributed by atoms with van der Waals surface area (Å²) in [6.07, 6.45) is 0. The van der Waals surface area contributed by atoms with E-state index in [2.05, 4.69) is 104 Å². The highest BCUT2D eigenvalue weighted by Crippen LogP contribution is 2.43. The van der Waals surface area contributed by atoms with Crippen LogP contribution in [0.5, 0.6) is 5.75 Å². The van der Waals surface area contributed by atoms with Crippen molar-refractivity contribution in [2.24, 2.45) is 5.41 Å². The topological polar surface area (TPSA) is 18.5 Å². The van der Waals surface area contributed by atoms with E-state index >= 15 is 0 Å². The van der Waals surface area contributed by atoms with Crippen LogP contribution in [0, 0.1) is 5.41 Å². The van der Waals surface area contributed by atoms with Gasteiger partial charge in [0.25, 0.3) is 0 Å². The van der Waals surface area contributed by atoms with E-state index in [9.17, 15) is 0 Å². The molecule has 2 rings (SSSR count). The fourth-order valence-corrected chi connectivity index (χ4v) is 3.78. The first-order chi connectivity index (χ1) is 12.8. The molecule has 2 aromatic carbocycles. The van der Waals surface area contributed by atoms with Crippen molar-refractivity contribution in [3.8, 4) is 5.75 Å². The summed E-state index contributed by atoms with van der Waals surface area (Å²) in [4.78, 5) is 0. The predicted octanol–water partition coefficient (Wildman–Crippen LogP) is 7.55. The molecule has 0 spiro atoms. The Labute approximate surface area is 173 Å². The van der Waals surface area contributed by atoms with Crippen molar-refractivity contribution >= 4 is 8.32 Å². The van der Waals surface area contributed by atoms with Gasteiger partial charge in [-0.1, -0.05) is 84.0 Å². The molecule has 0 aliphatic carbocycles. The van der Waals surface area contributed by atoms with Crippen LogP contribution in [-0.4, -0.2) is 8.32 Å². The monoisotopic (exact) mass is 398 g/mol. The van der Waals surface area contributed by atoms with Gasteiger partial charge >= 0.3 is 0 Å². The minimum atomic E-state index is -1.78. The second-order valence-corrected chi connectivity index (χ2v) is 15.3. The summed E-state index contributed by atoms with van der Waals surface area (Å²) in [5.41, 5.74) is 1.84. The normalized spacial score (nSPS) is 15.2. The Morgan fingerprint density at radius 1 is 0.786 bits per heavy atom. The van der Waals surface area contributed by atoms with Gasteiger partial charge in [-0.25, -0.2) is 0 Å². The van der Waals surface area contributed by atoms with E-state index in [1.165, 1.54) is 5.56 Å². The molecule has 0 bridgehead atoms. The maximum Gasteiger partial charge on any atom is 0.192 e. The molecule has 0 aromatic heterocycles. The third-order valence-electron chi connectivity index (χ3n) is 6.38. The standard InChI is InChI=1S/C25H38O2Si/c1-23(2,3)25(7,21-15-11-10-12-16-21)27-22-17-13-14-20(18-22)19-26-28(8,9)24(4,5)6/h10-18H,19H2,1-9H3. The van der Waals surface area contributed by atoms with Crippen LogP contribution in [0.2, 0.25) is 18.1 Å². The molecule has 3 heteroatoms. The summed E-state index contributed by atoms with van der Waals surface area (Å²) in [5, 5.41) is 0.208. The molecule has 0 amide bonds. The van der Waals surface area contributed by atoms with Gasteiger partial charge in [-0.3, -0.25) is 0 Å². The molecule has 0 N–H and O–H groups in total. The van der Waals surface area contributed by atoms with Crippen LogP contribution in [0.3, 0.4) is 0 Å². The zero-order valence-corrected chi connectivity index (χ0v) is 20.2. The fourth-order valence-electron chi connectivity index (χ4n) is 2.82. The highest BCUT2D eigenvalue weighted by molar-refractivity contribution is 6.74. The molecule has 2 nitrogen and oxygen atoms in total. The molecule has 0 radical (unpaired) electrons. The van der Waals surface area contributed by atoms with Crippen LogP contribution in [0.25, 0.3) is 0 Å². The van der Waals surface area contributed by atoms with E-state index in [0.717, 1.165) is 11.3 Å². The molecule has 1 atom stereocenters. The van der Waals surface area contributed by atoms with Crippen molar-refractivity contribution in [1.29, 1.82) is 0 Å². The van der Waals surface area contributed by atoms with Crippen LogP contribution in [0.4, 0.5) is 0 Å². The Morgan fingerprint density at radius 2 is 1.39 bits per heavy atom. The minimum absolute atomic E-state index is 0.0675. The molecular formula is C25H38O2Si. The van der Waals surface area contributed by atoms with E-state index in [0.29, 0.717) is 6.61 Å². The van der Waals surface area contributed by atoms with Gasteiger partial charge in [0.1, 0.15) is 11.4 Å². The third kappa shape index (κ3) is 5.06. The Kier molecular flexibility index (Phi) is 6.52. The van der Waals surface area contributed by atoms with Crippen LogP contribution in [0.1, 0.15) is 59.6 Å². The fraction of sp³-hybridized carbons (Fsp3) is 0.520. The number of rotatable bonds is 6. The highest BCUT2D eigenvalue weighted by atomic mass is 28.4. The van der Waals surface area contributed by atoms with E-state index in [4.69, 9.17) is 9.16 Å². The molecule has 154 valence electrons. The second kappa shape index (κ2) is 8.04. The lowest BCUT2D eigenvalue weighted by Crippen LogP contribution is -2.42. The molecule has 0 heterocycles. The van der Waals surface area contributed by atoms with Crippen molar-refractivity contribution < 1.29 is 9.16 Å². The van der Waals surface area contributed by atoms with Gasteiger partial charge in [0.05, 0.1) is 6.61 Å². The first-order valence-corrected chi connectivity index (χ1v) is 13.1. The quantitative estimate of drug-likeness (QED) is 0.468. The zero-order valence-electron chi connectivity index (χ0n) is 19.2. The van der Waals surface area contributed by atoms with Crippen LogP contribution in [-0.2, 0) is 16.6 Å². The lowest BCUT2D eigenvalue weighted by Gasteiger charge is -2.42. The van der Waals surface area contributed by atoms with E-state index in [-0.39, 0.29) is 10.5 Å². The molecule has 0 saturated heterocycles. The summed E-state index contributed by atoms with van der Waals surface area (Å²) in [7, 11) is -1.78. The van der Waals surface area contributed by atoms with E-state index in [1.807, 2.05) is 12.1 Å². The van der Waals surface area contributed by atoms with Gasteiger partial charge in [0.2, 0.25) is 0 Å². The lowest BCUT2D eigenvalue weighted by molar-refractivity contribution is -0.0217. The summed E-state index contributed by atoms with van der Waals surface area (Å²) in [6, 6.07) is 18.8. The van der Waals surface area contributed by atoms with Crippen LogP contribution in [0.15, 0.2) is 54.6 Å². The van der Waals surface area contributed by atoms with E-state index in [1.54, 1.807) is 0 Å². The largest absolute Gasteiger partial charge is 0.482 e. The molecular weight excluding hydrogens is 360 g/mol. The second-order valence-electron chi connectivity index (χ2n) is 10.4. The van der Waals surface area contributed by atoms with Crippen LogP contribution < -0.4 is 4.74 Å². The third-order valence-corrected chi connectivity index (χ3v) is 10.9. The Hall–Kier alpha value is -1.58. The molecule has 28 heavy (non-hydrogen) atoms. The van der Waals surface area contributed by atoms with Gasteiger partial charge in [0.15, 0.2) is 8.32 Å². The van der Waals surface area contributed by atoms with Crippen molar-refractivity contribution in [3.63, 3.8) is 0 Å². The van der Waals surface area contributed by atoms with E-state index < -0.39 is 13.9 Å². The number of benzene rings is 2. The first-order valence-electron chi connectivity index (χ1n) is 10.2. The number of hydrogen-bond donors (Lipinski definition) is 0. The smallest absolute Gasteiger partial charge is 0.192 e. The zero-order chi connectivity index (χ0) is 21.2. The summed E-state index contributed by atoms with van der Waals surface area (Å²) in [6.45, 7) is 20.9. The first kappa shape index (κ1) is 22.7. The average molecular weight is 399 g/mol. The number of ether oxygens (including phenoxy) is 1. The minimum Gasteiger partial charge on any atom is -0.482 e. The Morgan fingerprint density at radius 3 is 1.93 bits per heavy atom. The maximum absolute atomic E-state index is 6.65. The highest BCUT2D eigenvalue weighted by Gasteiger charge is 2.41. The Balaban J connectivity index is 2.25. The van der Waals surface area contributed by atoms with Crippen molar-refractivity contribution in [1.82, 2.24) is 0 Å². The number of hydrogen-bond acceptors (Lipinski definition) is 2. The van der Waals surface area contributed by atoms with Gasteiger partial charge in [-0.05, 0) is 48.3 Å². The van der Waals surface area contributed by atoms with Crippen molar-refractivity contribution in [2.75, 3.05) is 0 Å². The van der Waals surface area contributed by atoms with Gasteiger partial charge in [-0.15, -0.1) is 0 Å². The molecule has 0 aliphatic rings. The van der Waals surface area contributed by atoms with Crippen molar-refractivity contribution in [2.45, 2.75) is 78.8 Å². The molecule has 0 fully saturated rings. The van der Waals surface area contributed by atoms with Crippen molar-refractivity contribution in [3.05, 3.63) is 65.7 Å². The van der Waals surface area contributed by atoms with Gasteiger partial charge in [-0.2, -0.15) is 0 Å². The average Bonchev–Trinajstić information content (AvgIpc) is 2.59. The molecule has 2 aromatic rings. The molecule has 0 aliphatic heterocycles. The van der Waals surface area contributed by atoms with Gasteiger partial charge < -0.3 is 9.16 Å². The summed E-state index contributed by atoms with van der Waals surface area (Å²) in [5.74, 6) is 0.887. The maximum atomic E-state index is 6.65. The lowest BCUT2D eigenvalue weighted by atomic mass is 9.73.